The molecule has 1 rings (SSSR count). The number of hydrogen-bond acceptors (Lipinski definition) is 6. The predicted molar refractivity (Wildman–Crippen MR) is 102 cm³/mol. The fourth-order valence-electron chi connectivity index (χ4n) is 2.39. The smallest absolute Gasteiger partial charge is 0.305 e. The lowest BCUT2D eigenvalue weighted by Gasteiger charge is -2.22. The molecule has 0 saturated carbocycles. The Bertz CT molecular complexity index is 754. The van der Waals surface area contributed by atoms with Gasteiger partial charge in [0.2, 0.25) is 23.6 Å². The first-order valence-electron chi connectivity index (χ1n) is 8.79. The zero-order valence-electron chi connectivity index (χ0n) is 15.9. The van der Waals surface area contributed by atoms with Gasteiger partial charge in [0.15, 0.2) is 0 Å². The van der Waals surface area contributed by atoms with Gasteiger partial charge in [0.05, 0.1) is 13.0 Å². The number of carboxylic acid groups (broad SMARTS) is 1. The van der Waals surface area contributed by atoms with Crippen molar-refractivity contribution in [3.8, 4) is 0 Å². The van der Waals surface area contributed by atoms with Crippen LogP contribution in [0.1, 0.15) is 18.9 Å². The number of carbonyl (C=O) groups is 5. The first-order valence-corrected chi connectivity index (χ1v) is 8.79. The zero-order valence-corrected chi connectivity index (χ0v) is 15.9. The molecule has 29 heavy (non-hydrogen) atoms. The van der Waals surface area contributed by atoms with Gasteiger partial charge >= 0.3 is 5.97 Å². The number of nitrogens with two attached hydrogens (primary N) is 2. The van der Waals surface area contributed by atoms with Crippen molar-refractivity contribution in [1.82, 2.24) is 16.0 Å². The molecule has 1 aromatic rings. The number of rotatable bonds is 11. The molecular weight excluding hydrogens is 382 g/mol. The van der Waals surface area contributed by atoms with Gasteiger partial charge in [0.1, 0.15) is 18.1 Å². The highest BCUT2D eigenvalue weighted by molar-refractivity contribution is 5.94. The number of nitrogens with one attached hydrogen (secondary N) is 3. The average Bonchev–Trinajstić information content (AvgIpc) is 2.66. The minimum Gasteiger partial charge on any atom is -0.481 e. The number of carboxylic acids is 1. The van der Waals surface area contributed by atoms with Crippen molar-refractivity contribution < 1.29 is 29.1 Å². The quantitative estimate of drug-likeness (QED) is 0.236. The molecule has 0 bridgehead atoms. The van der Waals surface area contributed by atoms with Crippen LogP contribution >= 0.6 is 0 Å². The number of benzene rings is 1. The van der Waals surface area contributed by atoms with Gasteiger partial charge in [-0.05, 0) is 12.5 Å². The maximum atomic E-state index is 12.6. The Kier molecular flexibility index (Phi) is 9.26. The molecule has 0 saturated heterocycles. The van der Waals surface area contributed by atoms with Crippen molar-refractivity contribution >= 4 is 29.6 Å². The van der Waals surface area contributed by atoms with E-state index in [1.165, 1.54) is 6.92 Å². The summed E-state index contributed by atoms with van der Waals surface area (Å²) in [6, 6.07) is 5.37. The van der Waals surface area contributed by atoms with Crippen LogP contribution in [0.25, 0.3) is 0 Å². The highest BCUT2D eigenvalue weighted by atomic mass is 16.4. The fourth-order valence-corrected chi connectivity index (χ4v) is 2.39. The van der Waals surface area contributed by atoms with E-state index in [9.17, 15) is 24.0 Å². The van der Waals surface area contributed by atoms with E-state index in [4.69, 9.17) is 16.6 Å². The average molecular weight is 407 g/mol. The topological polar surface area (TPSA) is 194 Å². The van der Waals surface area contributed by atoms with Crippen molar-refractivity contribution in [2.75, 3.05) is 6.54 Å². The van der Waals surface area contributed by atoms with Gasteiger partial charge in [-0.2, -0.15) is 0 Å². The molecule has 0 aliphatic heterocycles. The van der Waals surface area contributed by atoms with E-state index >= 15 is 0 Å². The molecule has 0 unspecified atom stereocenters. The van der Waals surface area contributed by atoms with E-state index < -0.39 is 54.1 Å². The lowest BCUT2D eigenvalue weighted by atomic mass is 10.0. The van der Waals surface area contributed by atoms with Gasteiger partial charge < -0.3 is 32.5 Å². The molecule has 8 N–H and O–H groups in total. The van der Waals surface area contributed by atoms with E-state index in [0.717, 1.165) is 5.56 Å². The number of hydrogen-bond donors (Lipinski definition) is 6. The van der Waals surface area contributed by atoms with Crippen LogP contribution in [0.4, 0.5) is 0 Å². The normalized spacial score (nSPS) is 13.4. The second-order valence-electron chi connectivity index (χ2n) is 6.31. The second-order valence-corrected chi connectivity index (χ2v) is 6.31. The molecular formula is C18H25N5O6. The summed E-state index contributed by atoms with van der Waals surface area (Å²) in [6.45, 7) is 1.03. The second kappa shape index (κ2) is 11.4. The minimum atomic E-state index is -1.42. The van der Waals surface area contributed by atoms with Crippen molar-refractivity contribution in [1.29, 1.82) is 0 Å². The number of carbonyl (C=O) groups excluding carboxylic acids is 4. The summed E-state index contributed by atoms with van der Waals surface area (Å²) >= 11 is 0. The Labute approximate surface area is 167 Å². The van der Waals surface area contributed by atoms with Crippen LogP contribution < -0.4 is 27.4 Å². The van der Waals surface area contributed by atoms with Gasteiger partial charge in [-0.15, -0.1) is 0 Å². The number of aliphatic carboxylic acids is 1. The Balaban J connectivity index is 2.80. The van der Waals surface area contributed by atoms with E-state index in [1.807, 2.05) is 0 Å². The molecule has 0 radical (unpaired) electrons. The van der Waals surface area contributed by atoms with Gasteiger partial charge in [-0.3, -0.25) is 24.0 Å². The molecule has 0 aromatic heterocycles. The predicted octanol–water partition coefficient (Wildman–Crippen LogP) is -2.38. The maximum absolute atomic E-state index is 12.6. The van der Waals surface area contributed by atoms with E-state index in [0.29, 0.717) is 0 Å². The van der Waals surface area contributed by atoms with Crippen LogP contribution in [0.15, 0.2) is 30.3 Å². The highest BCUT2D eigenvalue weighted by Crippen LogP contribution is 2.04. The molecule has 0 aliphatic rings. The number of amides is 4. The summed E-state index contributed by atoms with van der Waals surface area (Å²) in [6.07, 6.45) is -0.527. The Hall–Kier alpha value is -3.47. The van der Waals surface area contributed by atoms with Gasteiger partial charge in [0.25, 0.3) is 0 Å². The highest BCUT2D eigenvalue weighted by Gasteiger charge is 2.27. The lowest BCUT2D eigenvalue weighted by molar-refractivity contribution is -0.140. The van der Waals surface area contributed by atoms with Crippen LogP contribution in [0.2, 0.25) is 0 Å². The molecule has 0 fully saturated rings. The van der Waals surface area contributed by atoms with Gasteiger partial charge in [-0.1, -0.05) is 30.3 Å². The van der Waals surface area contributed by atoms with Gasteiger partial charge in [-0.25, -0.2) is 0 Å². The standard InChI is InChI=1S/C18H25N5O6/c1-10(17(28)23-12(16(20)27)8-15(25)26)21-18(29)13(22-14(24)9-19)7-11-5-3-2-4-6-11/h2-6,10,12-13H,7-9,19H2,1H3,(H2,20,27)(H,21,29)(H,22,24)(H,23,28)(H,25,26)/t10-,12-,13+/m0/s1. The van der Waals surface area contributed by atoms with Crippen LogP contribution in [0.5, 0.6) is 0 Å². The third-order valence-electron chi connectivity index (χ3n) is 3.91. The van der Waals surface area contributed by atoms with Crippen LogP contribution in [0.3, 0.4) is 0 Å². The zero-order chi connectivity index (χ0) is 22.0. The van der Waals surface area contributed by atoms with Crippen LogP contribution in [-0.2, 0) is 30.4 Å². The summed E-state index contributed by atoms with van der Waals surface area (Å²) in [4.78, 5) is 58.5. The summed E-state index contributed by atoms with van der Waals surface area (Å²) in [5, 5.41) is 15.9. The van der Waals surface area contributed by atoms with Gasteiger partial charge in [0, 0.05) is 6.42 Å². The van der Waals surface area contributed by atoms with E-state index in [2.05, 4.69) is 16.0 Å². The largest absolute Gasteiger partial charge is 0.481 e. The first-order chi connectivity index (χ1) is 13.6. The summed E-state index contributed by atoms with van der Waals surface area (Å²) in [5.41, 5.74) is 11.1. The van der Waals surface area contributed by atoms with Crippen molar-refractivity contribution in [3.05, 3.63) is 35.9 Å². The molecule has 4 amide bonds. The van der Waals surface area contributed by atoms with E-state index in [-0.39, 0.29) is 13.0 Å². The summed E-state index contributed by atoms with van der Waals surface area (Å²) < 4.78 is 0. The molecule has 3 atom stereocenters. The molecule has 11 heteroatoms. The van der Waals surface area contributed by atoms with Crippen LogP contribution in [0, 0.1) is 0 Å². The third-order valence-corrected chi connectivity index (χ3v) is 3.91. The Morgan fingerprint density at radius 3 is 2.10 bits per heavy atom. The first kappa shape index (κ1) is 23.6. The fraction of sp³-hybridized carbons (Fsp3) is 0.389. The summed E-state index contributed by atoms with van der Waals surface area (Å²) in [7, 11) is 0. The molecule has 0 heterocycles. The Morgan fingerprint density at radius 2 is 1.59 bits per heavy atom. The molecule has 0 spiro atoms. The monoisotopic (exact) mass is 407 g/mol. The van der Waals surface area contributed by atoms with E-state index in [1.54, 1.807) is 30.3 Å². The molecule has 1 aromatic carbocycles. The third kappa shape index (κ3) is 8.39. The molecule has 0 aliphatic carbocycles. The van der Waals surface area contributed by atoms with Crippen molar-refractivity contribution in [2.24, 2.45) is 11.5 Å². The lowest BCUT2D eigenvalue weighted by Crippen LogP contribution is -2.56. The van der Waals surface area contributed by atoms with Crippen molar-refractivity contribution in [2.45, 2.75) is 37.9 Å². The maximum Gasteiger partial charge on any atom is 0.305 e. The molecule has 11 nitrogen and oxygen atoms in total. The minimum absolute atomic E-state index is 0.162. The van der Waals surface area contributed by atoms with Crippen molar-refractivity contribution in [3.63, 3.8) is 0 Å². The molecule has 158 valence electrons. The number of primary amides is 1. The SMILES string of the molecule is C[C@H](NC(=O)[C@@H](Cc1ccccc1)NC(=O)CN)C(=O)N[C@@H](CC(=O)O)C(N)=O. The Morgan fingerprint density at radius 1 is 0.966 bits per heavy atom. The summed E-state index contributed by atoms with van der Waals surface area (Å²) in [5.74, 6) is -4.33. The van der Waals surface area contributed by atoms with Crippen LogP contribution in [-0.4, -0.2) is 59.4 Å².